The van der Waals surface area contributed by atoms with E-state index in [4.69, 9.17) is 4.74 Å². The van der Waals surface area contributed by atoms with Gasteiger partial charge in [0, 0.05) is 0 Å². The number of urea groups is 1. The zero-order valence-corrected chi connectivity index (χ0v) is 10.6. The summed E-state index contributed by atoms with van der Waals surface area (Å²) in [7, 11) is 0. The van der Waals surface area contributed by atoms with Crippen LogP contribution in [-0.4, -0.2) is 25.2 Å². The SMILES string of the molecule is CCOC(=O)CNC(=O)N[C@@H](C)c1ccccc1. The molecule has 5 nitrogen and oxygen atoms in total. The first kappa shape index (κ1) is 14.0. The van der Waals surface area contributed by atoms with Gasteiger partial charge in [0.15, 0.2) is 0 Å². The molecule has 0 saturated carbocycles. The number of rotatable bonds is 5. The van der Waals surface area contributed by atoms with Gasteiger partial charge in [-0.15, -0.1) is 0 Å². The molecule has 0 aliphatic heterocycles. The average Bonchev–Trinajstić information content (AvgIpc) is 2.38. The van der Waals surface area contributed by atoms with Gasteiger partial charge >= 0.3 is 12.0 Å². The molecule has 0 bridgehead atoms. The van der Waals surface area contributed by atoms with E-state index in [1.165, 1.54) is 0 Å². The summed E-state index contributed by atoms with van der Waals surface area (Å²) in [4.78, 5) is 22.5. The number of hydrogen-bond acceptors (Lipinski definition) is 3. The van der Waals surface area contributed by atoms with E-state index in [9.17, 15) is 9.59 Å². The van der Waals surface area contributed by atoms with Gasteiger partial charge in [-0.2, -0.15) is 0 Å². The third-order valence-electron chi connectivity index (χ3n) is 2.35. The normalized spacial score (nSPS) is 11.4. The summed E-state index contributed by atoms with van der Waals surface area (Å²) in [6.45, 7) is 3.78. The predicted molar refractivity (Wildman–Crippen MR) is 68.0 cm³/mol. The Morgan fingerprint density at radius 1 is 1.28 bits per heavy atom. The van der Waals surface area contributed by atoms with E-state index < -0.39 is 5.97 Å². The Balaban J connectivity index is 2.34. The third-order valence-corrected chi connectivity index (χ3v) is 2.35. The van der Waals surface area contributed by atoms with Crippen molar-refractivity contribution < 1.29 is 14.3 Å². The molecule has 18 heavy (non-hydrogen) atoms. The van der Waals surface area contributed by atoms with Crippen LogP contribution >= 0.6 is 0 Å². The van der Waals surface area contributed by atoms with Gasteiger partial charge in [-0.1, -0.05) is 30.3 Å². The van der Waals surface area contributed by atoms with E-state index in [2.05, 4.69) is 10.6 Å². The molecule has 98 valence electrons. The summed E-state index contributed by atoms with van der Waals surface area (Å²) in [5.74, 6) is -0.444. The lowest BCUT2D eigenvalue weighted by Crippen LogP contribution is -2.40. The number of amides is 2. The first-order valence-corrected chi connectivity index (χ1v) is 5.88. The maximum absolute atomic E-state index is 11.5. The molecule has 2 N–H and O–H groups in total. The van der Waals surface area contributed by atoms with Gasteiger partial charge in [-0.05, 0) is 19.4 Å². The number of benzene rings is 1. The minimum Gasteiger partial charge on any atom is -0.465 e. The molecule has 0 aromatic heterocycles. The zero-order chi connectivity index (χ0) is 13.4. The fraction of sp³-hybridized carbons (Fsp3) is 0.385. The van der Waals surface area contributed by atoms with Crippen LogP contribution in [-0.2, 0) is 9.53 Å². The summed E-state index contributed by atoms with van der Waals surface area (Å²) in [6.07, 6.45) is 0. The number of hydrogen-bond donors (Lipinski definition) is 2. The van der Waals surface area contributed by atoms with Crippen LogP contribution in [0.25, 0.3) is 0 Å². The quantitative estimate of drug-likeness (QED) is 0.780. The van der Waals surface area contributed by atoms with Crippen LogP contribution in [0.15, 0.2) is 30.3 Å². The minimum atomic E-state index is -0.444. The zero-order valence-electron chi connectivity index (χ0n) is 10.6. The van der Waals surface area contributed by atoms with Crippen molar-refractivity contribution in [3.63, 3.8) is 0 Å². The highest BCUT2D eigenvalue weighted by Gasteiger charge is 2.10. The molecule has 5 heteroatoms. The molecule has 0 radical (unpaired) electrons. The molecule has 1 atom stereocenters. The lowest BCUT2D eigenvalue weighted by Gasteiger charge is -2.14. The van der Waals surface area contributed by atoms with Crippen molar-refractivity contribution in [1.29, 1.82) is 0 Å². The van der Waals surface area contributed by atoms with Gasteiger partial charge in [-0.3, -0.25) is 4.79 Å². The molecule has 0 aliphatic rings. The molecule has 0 spiro atoms. The minimum absolute atomic E-state index is 0.117. The lowest BCUT2D eigenvalue weighted by atomic mass is 10.1. The average molecular weight is 250 g/mol. The van der Waals surface area contributed by atoms with Crippen molar-refractivity contribution in [2.75, 3.05) is 13.2 Å². The topological polar surface area (TPSA) is 67.4 Å². The van der Waals surface area contributed by atoms with Crippen LogP contribution in [0.2, 0.25) is 0 Å². The van der Waals surface area contributed by atoms with E-state index in [-0.39, 0.29) is 18.6 Å². The summed E-state index contributed by atoms with van der Waals surface area (Å²) in [5.41, 5.74) is 1.00. The highest BCUT2D eigenvalue weighted by molar-refractivity contribution is 5.80. The number of nitrogens with one attached hydrogen (secondary N) is 2. The van der Waals surface area contributed by atoms with Gasteiger partial charge in [0.2, 0.25) is 0 Å². The molecule has 0 heterocycles. The summed E-state index contributed by atoms with van der Waals surface area (Å²) < 4.78 is 4.70. The van der Waals surface area contributed by atoms with Crippen LogP contribution in [0, 0.1) is 0 Å². The standard InChI is InChI=1S/C13H18N2O3/c1-3-18-12(16)9-14-13(17)15-10(2)11-7-5-4-6-8-11/h4-8,10H,3,9H2,1-2H3,(H2,14,15,17)/t10-/m0/s1. The maximum atomic E-state index is 11.5. The number of carbonyl (C=O) groups excluding carboxylic acids is 2. The van der Waals surface area contributed by atoms with Crippen molar-refractivity contribution in [3.05, 3.63) is 35.9 Å². The third kappa shape index (κ3) is 4.86. The molecule has 0 unspecified atom stereocenters. The Bertz CT molecular complexity index is 392. The monoisotopic (exact) mass is 250 g/mol. The second kappa shape index (κ2) is 7.32. The molecule has 2 amide bonds. The molecule has 1 aromatic rings. The Kier molecular flexibility index (Phi) is 5.70. The van der Waals surface area contributed by atoms with Crippen molar-refractivity contribution in [3.8, 4) is 0 Å². The molecular weight excluding hydrogens is 232 g/mol. The van der Waals surface area contributed by atoms with E-state index in [0.717, 1.165) is 5.56 Å². The van der Waals surface area contributed by atoms with E-state index in [1.54, 1.807) is 6.92 Å². The molecule has 1 rings (SSSR count). The maximum Gasteiger partial charge on any atom is 0.325 e. The smallest absolute Gasteiger partial charge is 0.325 e. The summed E-state index contributed by atoms with van der Waals surface area (Å²) in [6, 6.07) is 9.07. The molecule has 0 aliphatic carbocycles. The second-order valence-electron chi connectivity index (χ2n) is 3.76. The molecule has 0 fully saturated rings. The van der Waals surface area contributed by atoms with Crippen molar-refractivity contribution in [2.45, 2.75) is 19.9 Å². The van der Waals surface area contributed by atoms with Crippen LogP contribution in [0.1, 0.15) is 25.5 Å². The largest absolute Gasteiger partial charge is 0.465 e. The van der Waals surface area contributed by atoms with Crippen LogP contribution in [0.5, 0.6) is 0 Å². The highest BCUT2D eigenvalue weighted by atomic mass is 16.5. The van der Waals surface area contributed by atoms with Gasteiger partial charge in [0.1, 0.15) is 6.54 Å². The Morgan fingerprint density at radius 2 is 1.94 bits per heavy atom. The van der Waals surface area contributed by atoms with Gasteiger partial charge in [0.05, 0.1) is 12.6 Å². The van der Waals surface area contributed by atoms with Gasteiger partial charge in [0.25, 0.3) is 0 Å². The highest BCUT2D eigenvalue weighted by Crippen LogP contribution is 2.10. The Morgan fingerprint density at radius 3 is 2.56 bits per heavy atom. The van der Waals surface area contributed by atoms with Crippen molar-refractivity contribution in [1.82, 2.24) is 10.6 Å². The van der Waals surface area contributed by atoms with E-state index >= 15 is 0 Å². The first-order valence-electron chi connectivity index (χ1n) is 5.88. The molecule has 0 saturated heterocycles. The second-order valence-corrected chi connectivity index (χ2v) is 3.76. The van der Waals surface area contributed by atoms with E-state index in [0.29, 0.717) is 6.61 Å². The van der Waals surface area contributed by atoms with Gasteiger partial charge in [-0.25, -0.2) is 4.79 Å². The number of ether oxygens (including phenoxy) is 1. The van der Waals surface area contributed by atoms with Crippen LogP contribution < -0.4 is 10.6 Å². The van der Waals surface area contributed by atoms with Crippen molar-refractivity contribution in [2.24, 2.45) is 0 Å². The Labute approximate surface area is 107 Å². The summed E-state index contributed by atoms with van der Waals surface area (Å²) in [5, 5.41) is 5.18. The molecule has 1 aromatic carbocycles. The summed E-state index contributed by atoms with van der Waals surface area (Å²) >= 11 is 0. The van der Waals surface area contributed by atoms with Crippen LogP contribution in [0.4, 0.5) is 4.79 Å². The Hall–Kier alpha value is -2.04. The predicted octanol–water partition coefficient (Wildman–Crippen LogP) is 1.61. The van der Waals surface area contributed by atoms with Crippen LogP contribution in [0.3, 0.4) is 0 Å². The lowest BCUT2D eigenvalue weighted by molar-refractivity contribution is -0.141. The van der Waals surface area contributed by atoms with Gasteiger partial charge < -0.3 is 15.4 Å². The number of carbonyl (C=O) groups is 2. The fourth-order valence-corrected chi connectivity index (χ4v) is 1.44. The molecular formula is C13H18N2O3. The van der Waals surface area contributed by atoms with E-state index in [1.807, 2.05) is 37.3 Å². The van der Waals surface area contributed by atoms with Crippen molar-refractivity contribution >= 4 is 12.0 Å². The fourth-order valence-electron chi connectivity index (χ4n) is 1.44. The first-order chi connectivity index (χ1) is 8.63. The number of esters is 1.